The third-order valence-corrected chi connectivity index (χ3v) is 3.91. The molecule has 0 amide bonds. The van der Waals surface area contributed by atoms with Crippen LogP contribution in [0.3, 0.4) is 0 Å². The highest BCUT2D eigenvalue weighted by Gasteiger charge is 2.13. The van der Waals surface area contributed by atoms with Crippen molar-refractivity contribution < 1.29 is 9.50 Å². The van der Waals surface area contributed by atoms with Crippen molar-refractivity contribution in [3.8, 4) is 0 Å². The Morgan fingerprint density at radius 2 is 2.00 bits per heavy atom. The number of aliphatic hydroxyl groups excluding tert-OH is 1. The van der Waals surface area contributed by atoms with Gasteiger partial charge in [0.2, 0.25) is 0 Å². The first-order chi connectivity index (χ1) is 8.97. The van der Waals surface area contributed by atoms with Crippen LogP contribution in [0.5, 0.6) is 0 Å². The molecule has 0 aliphatic carbocycles. The van der Waals surface area contributed by atoms with Crippen molar-refractivity contribution >= 4 is 27.5 Å². The van der Waals surface area contributed by atoms with Gasteiger partial charge in [-0.25, -0.2) is 4.39 Å². The Bertz CT molecular complexity index is 601. The zero-order valence-corrected chi connectivity index (χ0v) is 12.7. The molecular formula is C15H13BrClFO. The molecule has 2 rings (SSSR count). The van der Waals surface area contributed by atoms with Crippen molar-refractivity contribution in [1.29, 1.82) is 0 Å². The van der Waals surface area contributed by atoms with Gasteiger partial charge in [0, 0.05) is 15.9 Å². The van der Waals surface area contributed by atoms with Crippen LogP contribution in [0.25, 0.3) is 0 Å². The lowest BCUT2D eigenvalue weighted by atomic mass is 10.0. The van der Waals surface area contributed by atoms with E-state index in [9.17, 15) is 9.50 Å². The number of aryl methyl sites for hydroxylation is 1. The van der Waals surface area contributed by atoms with E-state index in [0.29, 0.717) is 20.6 Å². The fourth-order valence-corrected chi connectivity index (χ4v) is 2.35. The van der Waals surface area contributed by atoms with Gasteiger partial charge in [-0.05, 0) is 41.8 Å². The smallest absolute Gasteiger partial charge is 0.127 e. The summed E-state index contributed by atoms with van der Waals surface area (Å²) in [5.74, 6) is -0.327. The van der Waals surface area contributed by atoms with Crippen LogP contribution in [-0.2, 0) is 6.42 Å². The minimum Gasteiger partial charge on any atom is -0.388 e. The molecule has 2 aromatic carbocycles. The molecule has 1 N–H and O–H groups in total. The molecular weight excluding hydrogens is 331 g/mol. The molecule has 4 heteroatoms. The first-order valence-electron chi connectivity index (χ1n) is 5.85. The van der Waals surface area contributed by atoms with Crippen LogP contribution in [0.2, 0.25) is 5.02 Å². The summed E-state index contributed by atoms with van der Waals surface area (Å²) in [6.07, 6.45) is -0.549. The molecule has 0 aromatic heterocycles. The monoisotopic (exact) mass is 342 g/mol. The van der Waals surface area contributed by atoms with E-state index in [4.69, 9.17) is 11.6 Å². The summed E-state index contributed by atoms with van der Waals surface area (Å²) in [6, 6.07) is 10.2. The highest BCUT2D eigenvalue weighted by Crippen LogP contribution is 2.25. The zero-order valence-electron chi connectivity index (χ0n) is 10.3. The Balaban J connectivity index is 2.20. The topological polar surface area (TPSA) is 20.2 Å². The summed E-state index contributed by atoms with van der Waals surface area (Å²) in [4.78, 5) is 0. The Morgan fingerprint density at radius 3 is 2.63 bits per heavy atom. The van der Waals surface area contributed by atoms with Gasteiger partial charge < -0.3 is 5.11 Å². The van der Waals surface area contributed by atoms with E-state index in [0.717, 1.165) is 5.56 Å². The van der Waals surface area contributed by atoms with Crippen LogP contribution in [-0.4, -0.2) is 5.11 Å². The lowest BCUT2D eigenvalue weighted by Gasteiger charge is -2.13. The van der Waals surface area contributed by atoms with Crippen LogP contribution in [0.4, 0.5) is 4.39 Å². The number of halogens is 3. The van der Waals surface area contributed by atoms with Gasteiger partial charge in [-0.2, -0.15) is 0 Å². The molecule has 0 saturated heterocycles. The maximum atomic E-state index is 13.7. The van der Waals surface area contributed by atoms with Gasteiger partial charge in [-0.1, -0.05) is 45.7 Å². The van der Waals surface area contributed by atoms with Gasteiger partial charge >= 0.3 is 0 Å². The van der Waals surface area contributed by atoms with Crippen molar-refractivity contribution in [2.45, 2.75) is 19.4 Å². The molecule has 0 bridgehead atoms. The van der Waals surface area contributed by atoms with E-state index in [2.05, 4.69) is 15.9 Å². The van der Waals surface area contributed by atoms with Crippen molar-refractivity contribution in [2.24, 2.45) is 0 Å². The molecule has 19 heavy (non-hydrogen) atoms. The molecule has 0 heterocycles. The van der Waals surface area contributed by atoms with Gasteiger partial charge in [0.1, 0.15) is 5.82 Å². The highest BCUT2D eigenvalue weighted by molar-refractivity contribution is 9.10. The summed E-state index contributed by atoms with van der Waals surface area (Å²) in [5.41, 5.74) is 2.12. The number of hydrogen-bond acceptors (Lipinski definition) is 1. The van der Waals surface area contributed by atoms with Gasteiger partial charge in [0.05, 0.1) is 6.10 Å². The second-order valence-electron chi connectivity index (χ2n) is 4.46. The van der Waals surface area contributed by atoms with Gasteiger partial charge in [-0.15, -0.1) is 0 Å². The molecule has 0 aliphatic heterocycles. The summed E-state index contributed by atoms with van der Waals surface area (Å²) < 4.78 is 14.4. The molecule has 0 aliphatic rings. The molecule has 0 radical (unpaired) electrons. The lowest BCUT2D eigenvalue weighted by Crippen LogP contribution is -2.03. The van der Waals surface area contributed by atoms with E-state index in [-0.39, 0.29) is 12.2 Å². The predicted molar refractivity (Wildman–Crippen MR) is 79.0 cm³/mol. The number of rotatable bonds is 3. The van der Waals surface area contributed by atoms with E-state index >= 15 is 0 Å². The molecule has 1 unspecified atom stereocenters. The molecule has 0 saturated carbocycles. The summed E-state index contributed by atoms with van der Waals surface area (Å²) in [7, 11) is 0. The summed E-state index contributed by atoms with van der Waals surface area (Å²) in [6.45, 7) is 1.90. The Kier molecular flexibility index (Phi) is 4.61. The van der Waals surface area contributed by atoms with Crippen molar-refractivity contribution in [3.63, 3.8) is 0 Å². The average Bonchev–Trinajstić information content (AvgIpc) is 2.36. The highest BCUT2D eigenvalue weighted by atomic mass is 79.9. The third-order valence-electron chi connectivity index (χ3n) is 3.01. The largest absolute Gasteiger partial charge is 0.388 e. The van der Waals surface area contributed by atoms with Gasteiger partial charge in [-0.3, -0.25) is 0 Å². The molecule has 0 fully saturated rings. The Hall–Kier alpha value is -0.900. The minimum atomic E-state index is -0.770. The normalized spacial score (nSPS) is 12.5. The second kappa shape index (κ2) is 6.04. The van der Waals surface area contributed by atoms with E-state index in [1.807, 2.05) is 19.1 Å². The summed E-state index contributed by atoms with van der Waals surface area (Å²) in [5, 5.41) is 10.8. The maximum Gasteiger partial charge on any atom is 0.127 e. The van der Waals surface area contributed by atoms with Crippen molar-refractivity contribution in [2.75, 3.05) is 0 Å². The first kappa shape index (κ1) is 14.5. The SMILES string of the molecule is Cc1ccc(C(O)Cc2ccc(Br)cc2F)cc1Cl. The molecule has 1 atom stereocenters. The number of hydrogen-bond donors (Lipinski definition) is 1. The van der Waals surface area contributed by atoms with Crippen LogP contribution in [0, 0.1) is 12.7 Å². The van der Waals surface area contributed by atoms with Crippen LogP contribution in [0.15, 0.2) is 40.9 Å². The first-order valence-corrected chi connectivity index (χ1v) is 7.02. The number of aliphatic hydroxyl groups is 1. The van der Waals surface area contributed by atoms with E-state index in [1.165, 1.54) is 6.07 Å². The van der Waals surface area contributed by atoms with E-state index in [1.54, 1.807) is 18.2 Å². The minimum absolute atomic E-state index is 0.221. The quantitative estimate of drug-likeness (QED) is 0.846. The van der Waals surface area contributed by atoms with Crippen LogP contribution >= 0.6 is 27.5 Å². The fourth-order valence-electron chi connectivity index (χ4n) is 1.83. The Morgan fingerprint density at radius 1 is 1.26 bits per heavy atom. The van der Waals surface area contributed by atoms with Crippen molar-refractivity contribution in [1.82, 2.24) is 0 Å². The predicted octanol–water partition coefficient (Wildman–Crippen LogP) is 4.83. The van der Waals surface area contributed by atoms with Crippen LogP contribution < -0.4 is 0 Å². The van der Waals surface area contributed by atoms with E-state index < -0.39 is 6.10 Å². The standard InChI is InChI=1S/C15H13BrClFO/c1-9-2-3-11(6-13(9)17)15(19)7-10-4-5-12(16)8-14(10)18/h2-6,8,15,19H,7H2,1H3. The molecule has 100 valence electrons. The second-order valence-corrected chi connectivity index (χ2v) is 5.79. The van der Waals surface area contributed by atoms with Crippen LogP contribution in [0.1, 0.15) is 22.8 Å². The molecule has 1 nitrogen and oxygen atoms in total. The maximum absolute atomic E-state index is 13.7. The Labute approximate surface area is 125 Å². The molecule has 2 aromatic rings. The molecule has 0 spiro atoms. The van der Waals surface area contributed by atoms with Gasteiger partial charge in [0.15, 0.2) is 0 Å². The number of benzene rings is 2. The third kappa shape index (κ3) is 3.56. The van der Waals surface area contributed by atoms with Gasteiger partial charge in [0.25, 0.3) is 0 Å². The summed E-state index contributed by atoms with van der Waals surface area (Å²) >= 11 is 9.23. The average molecular weight is 344 g/mol. The zero-order chi connectivity index (χ0) is 14.0. The fraction of sp³-hybridized carbons (Fsp3) is 0.200. The lowest BCUT2D eigenvalue weighted by molar-refractivity contribution is 0.177. The van der Waals surface area contributed by atoms with Crippen molar-refractivity contribution in [3.05, 3.63) is 68.4 Å².